The van der Waals surface area contributed by atoms with Gasteiger partial charge in [0.1, 0.15) is 0 Å². The predicted molar refractivity (Wildman–Crippen MR) is 86.2 cm³/mol. The maximum Gasteiger partial charge on any atom is 0.241 e. The van der Waals surface area contributed by atoms with Crippen molar-refractivity contribution in [3.05, 3.63) is 28.2 Å². The summed E-state index contributed by atoms with van der Waals surface area (Å²) in [5, 5.41) is 3.04. The summed E-state index contributed by atoms with van der Waals surface area (Å²) in [6.45, 7) is 5.45. The normalized spacial score (nSPS) is 12.1. The first-order chi connectivity index (χ1) is 9.36. The first kappa shape index (κ1) is 17.6. The zero-order chi connectivity index (χ0) is 15.2. The highest BCUT2D eigenvalue weighted by atomic mass is 79.9. The van der Waals surface area contributed by atoms with Crippen LogP contribution in [0, 0.1) is 5.92 Å². The molecule has 20 heavy (non-hydrogen) atoms. The van der Waals surface area contributed by atoms with Gasteiger partial charge in [0.15, 0.2) is 0 Å². The number of nitrogens with one attached hydrogen (secondary N) is 2. The van der Waals surface area contributed by atoms with Crippen molar-refractivity contribution in [1.82, 2.24) is 10.0 Å². The van der Waals surface area contributed by atoms with Gasteiger partial charge >= 0.3 is 0 Å². The third-order valence-electron chi connectivity index (χ3n) is 2.92. The molecule has 0 unspecified atom stereocenters. The Kier molecular flexibility index (Phi) is 7.15. The average Bonchev–Trinajstić information content (AvgIpc) is 2.34. The lowest BCUT2D eigenvalue weighted by Crippen LogP contribution is -2.25. The molecule has 0 bridgehead atoms. The first-order valence-corrected chi connectivity index (χ1v) is 9.07. The molecule has 0 atom stereocenters. The third-order valence-corrected chi connectivity index (χ3v) is 5.35. The molecule has 6 heteroatoms. The van der Waals surface area contributed by atoms with Crippen molar-refractivity contribution in [2.75, 3.05) is 13.6 Å². The van der Waals surface area contributed by atoms with Crippen molar-refractivity contribution in [2.45, 2.75) is 38.1 Å². The van der Waals surface area contributed by atoms with Crippen LogP contribution in [0.15, 0.2) is 27.6 Å². The fraction of sp³-hybridized carbons (Fsp3) is 0.571. The number of sulfonamides is 1. The molecule has 0 saturated carbocycles. The Hall–Kier alpha value is -0.430. The molecule has 0 radical (unpaired) electrons. The number of halogens is 1. The van der Waals surface area contributed by atoms with E-state index in [1.165, 1.54) is 0 Å². The quantitative estimate of drug-likeness (QED) is 0.699. The number of benzene rings is 1. The van der Waals surface area contributed by atoms with Crippen LogP contribution >= 0.6 is 15.9 Å². The molecule has 1 rings (SSSR count). The summed E-state index contributed by atoms with van der Waals surface area (Å²) in [6.07, 6.45) is 1.87. The van der Waals surface area contributed by atoms with Gasteiger partial charge in [0.2, 0.25) is 10.0 Å². The van der Waals surface area contributed by atoms with Crippen molar-refractivity contribution in [3.8, 4) is 0 Å². The summed E-state index contributed by atoms with van der Waals surface area (Å²) in [5.41, 5.74) is 1.04. The number of hydrogen-bond donors (Lipinski definition) is 2. The molecule has 0 heterocycles. The van der Waals surface area contributed by atoms with Gasteiger partial charge in [-0.25, -0.2) is 13.1 Å². The van der Waals surface area contributed by atoms with Gasteiger partial charge in [-0.15, -0.1) is 0 Å². The van der Waals surface area contributed by atoms with E-state index in [0.29, 0.717) is 28.4 Å². The molecule has 0 amide bonds. The van der Waals surface area contributed by atoms with Crippen molar-refractivity contribution < 1.29 is 8.42 Å². The lowest BCUT2D eigenvalue weighted by atomic mass is 10.1. The molecule has 0 aliphatic carbocycles. The van der Waals surface area contributed by atoms with Crippen molar-refractivity contribution >= 4 is 26.0 Å². The number of rotatable bonds is 8. The van der Waals surface area contributed by atoms with Gasteiger partial charge in [0.25, 0.3) is 0 Å². The van der Waals surface area contributed by atoms with Crippen molar-refractivity contribution in [1.29, 1.82) is 0 Å². The third kappa shape index (κ3) is 5.52. The van der Waals surface area contributed by atoms with Crippen molar-refractivity contribution in [3.63, 3.8) is 0 Å². The minimum Gasteiger partial charge on any atom is -0.316 e. The molecule has 1 aromatic carbocycles. The van der Waals surface area contributed by atoms with E-state index < -0.39 is 10.0 Å². The molecule has 4 nitrogen and oxygen atoms in total. The molecule has 0 aliphatic heterocycles. The van der Waals surface area contributed by atoms with Gasteiger partial charge in [0, 0.05) is 17.6 Å². The van der Waals surface area contributed by atoms with Crippen LogP contribution in [0.1, 0.15) is 32.3 Å². The highest BCUT2D eigenvalue weighted by Gasteiger charge is 2.17. The summed E-state index contributed by atoms with van der Waals surface area (Å²) < 4.78 is 27.7. The van der Waals surface area contributed by atoms with E-state index in [9.17, 15) is 8.42 Å². The maximum absolute atomic E-state index is 12.2. The lowest BCUT2D eigenvalue weighted by Gasteiger charge is -2.10. The lowest BCUT2D eigenvalue weighted by molar-refractivity contribution is 0.539. The molecule has 0 spiro atoms. The largest absolute Gasteiger partial charge is 0.316 e. The van der Waals surface area contributed by atoms with Crippen LogP contribution in [-0.2, 0) is 16.6 Å². The maximum atomic E-state index is 12.2. The van der Waals surface area contributed by atoms with Crippen LogP contribution in [0.4, 0.5) is 0 Å². The molecule has 0 fully saturated rings. The molecule has 0 saturated heterocycles. The second-order valence-corrected chi connectivity index (χ2v) is 7.82. The van der Waals surface area contributed by atoms with Gasteiger partial charge in [-0.3, -0.25) is 0 Å². The molecular weight excluding hydrogens is 340 g/mol. The molecular formula is C14H23BrN2O2S. The Morgan fingerprint density at radius 1 is 1.30 bits per heavy atom. The molecule has 1 aromatic rings. The monoisotopic (exact) mass is 362 g/mol. The highest BCUT2D eigenvalue weighted by Crippen LogP contribution is 2.23. The van der Waals surface area contributed by atoms with E-state index in [4.69, 9.17) is 0 Å². The Morgan fingerprint density at radius 3 is 2.55 bits per heavy atom. The fourth-order valence-corrected chi connectivity index (χ4v) is 4.07. The SMILES string of the molecule is CNCc1ccc(S(=O)(=O)NCCCC(C)C)c(Br)c1. The zero-order valence-corrected chi connectivity index (χ0v) is 14.6. The van der Waals surface area contributed by atoms with E-state index in [1.54, 1.807) is 6.07 Å². The van der Waals surface area contributed by atoms with E-state index >= 15 is 0 Å². The Labute approximate surface area is 130 Å². The van der Waals surface area contributed by atoms with Gasteiger partial charge in [-0.05, 0) is 59.4 Å². The van der Waals surface area contributed by atoms with Crippen LogP contribution in [-0.4, -0.2) is 22.0 Å². The highest BCUT2D eigenvalue weighted by molar-refractivity contribution is 9.10. The molecule has 0 aliphatic rings. The molecule has 0 aromatic heterocycles. The van der Waals surface area contributed by atoms with Crippen LogP contribution in [0.5, 0.6) is 0 Å². The second kappa shape index (κ2) is 8.12. The molecule has 114 valence electrons. The predicted octanol–water partition coefficient (Wildman–Crippen LogP) is 2.88. The van der Waals surface area contributed by atoms with Crippen LogP contribution < -0.4 is 10.0 Å². The fourth-order valence-electron chi connectivity index (χ4n) is 1.87. The van der Waals surface area contributed by atoms with Gasteiger partial charge < -0.3 is 5.32 Å². The second-order valence-electron chi connectivity index (χ2n) is 5.23. The molecule has 2 N–H and O–H groups in total. The number of hydrogen-bond acceptors (Lipinski definition) is 3. The Morgan fingerprint density at radius 2 is 2.00 bits per heavy atom. The van der Waals surface area contributed by atoms with E-state index in [2.05, 4.69) is 39.8 Å². The zero-order valence-electron chi connectivity index (χ0n) is 12.2. The summed E-state index contributed by atoms with van der Waals surface area (Å²) in [4.78, 5) is 0.293. The average molecular weight is 363 g/mol. The minimum absolute atomic E-state index is 0.293. The van der Waals surface area contributed by atoms with E-state index in [-0.39, 0.29) is 0 Å². The van der Waals surface area contributed by atoms with Crippen LogP contribution in [0.25, 0.3) is 0 Å². The smallest absolute Gasteiger partial charge is 0.241 e. The Bertz CT molecular complexity index is 530. The van der Waals surface area contributed by atoms with Gasteiger partial charge in [0.05, 0.1) is 4.90 Å². The summed E-state index contributed by atoms with van der Waals surface area (Å²) in [7, 11) is -1.58. The first-order valence-electron chi connectivity index (χ1n) is 6.79. The topological polar surface area (TPSA) is 58.2 Å². The van der Waals surface area contributed by atoms with Crippen LogP contribution in [0.3, 0.4) is 0 Å². The van der Waals surface area contributed by atoms with Crippen LogP contribution in [0.2, 0.25) is 0 Å². The standard InChI is InChI=1S/C14H23BrN2O2S/c1-11(2)5-4-8-17-20(18,19)14-7-6-12(10-16-3)9-13(14)15/h6-7,9,11,16-17H,4-5,8,10H2,1-3H3. The minimum atomic E-state index is -3.44. The summed E-state index contributed by atoms with van der Waals surface area (Å²) >= 11 is 3.34. The van der Waals surface area contributed by atoms with Gasteiger partial charge in [-0.1, -0.05) is 19.9 Å². The van der Waals surface area contributed by atoms with E-state index in [1.807, 2.05) is 19.2 Å². The van der Waals surface area contributed by atoms with E-state index in [0.717, 1.165) is 18.4 Å². The van der Waals surface area contributed by atoms with Crippen molar-refractivity contribution in [2.24, 2.45) is 5.92 Å². The Balaban J connectivity index is 2.72. The van der Waals surface area contributed by atoms with Gasteiger partial charge in [-0.2, -0.15) is 0 Å². The summed E-state index contributed by atoms with van der Waals surface area (Å²) in [5.74, 6) is 0.590. The summed E-state index contributed by atoms with van der Waals surface area (Å²) in [6, 6.07) is 5.30.